The molecule has 1 aliphatic carbocycles. The van der Waals surface area contributed by atoms with E-state index in [-0.39, 0.29) is 12.0 Å². The molecule has 0 spiro atoms. The van der Waals surface area contributed by atoms with Crippen LogP contribution in [-0.2, 0) is 4.74 Å². The maximum Gasteiger partial charge on any atom is 0.247 e. The second kappa shape index (κ2) is 6.76. The molecule has 1 saturated carbocycles. The molecule has 2 fully saturated rings. The Labute approximate surface area is 145 Å². The molecule has 0 aromatic carbocycles. The van der Waals surface area contributed by atoms with Gasteiger partial charge >= 0.3 is 0 Å². The molecule has 2 aliphatic rings. The van der Waals surface area contributed by atoms with E-state index in [1.54, 1.807) is 0 Å². The van der Waals surface area contributed by atoms with Gasteiger partial charge in [0, 0.05) is 29.9 Å². The lowest BCUT2D eigenvalue weighted by Gasteiger charge is -2.30. The summed E-state index contributed by atoms with van der Waals surface area (Å²) in [5.41, 5.74) is 0. The van der Waals surface area contributed by atoms with Gasteiger partial charge in [0.15, 0.2) is 6.10 Å². The Morgan fingerprint density at radius 2 is 2.04 bits per heavy atom. The molecule has 1 saturated heterocycles. The summed E-state index contributed by atoms with van der Waals surface area (Å²) in [6.07, 6.45) is 4.85. The van der Waals surface area contributed by atoms with Crippen molar-refractivity contribution in [1.29, 1.82) is 0 Å². The Morgan fingerprint density at radius 3 is 2.79 bits per heavy atom. The van der Waals surface area contributed by atoms with E-state index in [1.807, 2.05) is 13.8 Å². The zero-order chi connectivity index (χ0) is 16.5. The fourth-order valence-corrected chi connectivity index (χ4v) is 4.07. The minimum absolute atomic E-state index is 0.197. The van der Waals surface area contributed by atoms with E-state index in [4.69, 9.17) is 14.1 Å². The molecule has 0 unspecified atom stereocenters. The molecule has 2 aromatic rings. The number of nitrogens with zero attached hydrogens (tertiary/aromatic N) is 5. The molecule has 0 radical (unpaired) electrons. The van der Waals surface area contributed by atoms with Crippen LogP contribution in [0.3, 0.4) is 0 Å². The van der Waals surface area contributed by atoms with Crippen molar-refractivity contribution in [2.45, 2.75) is 57.5 Å². The largest absolute Gasteiger partial charge is 0.422 e. The van der Waals surface area contributed by atoms with Crippen LogP contribution in [0.2, 0.25) is 0 Å². The summed E-state index contributed by atoms with van der Waals surface area (Å²) in [5, 5.41) is 9.24. The van der Waals surface area contributed by atoms with Crippen LogP contribution in [0.25, 0.3) is 0 Å². The van der Waals surface area contributed by atoms with Crippen LogP contribution in [0.15, 0.2) is 4.42 Å². The summed E-state index contributed by atoms with van der Waals surface area (Å²) in [5.74, 6) is 3.02. The van der Waals surface area contributed by atoms with Crippen LogP contribution in [0, 0.1) is 0 Å². The van der Waals surface area contributed by atoms with Crippen molar-refractivity contribution in [3.63, 3.8) is 0 Å². The predicted molar refractivity (Wildman–Crippen MR) is 90.4 cm³/mol. The average Bonchev–Trinajstić information content (AvgIpc) is 3.34. The van der Waals surface area contributed by atoms with Gasteiger partial charge in [0.1, 0.15) is 5.82 Å². The van der Waals surface area contributed by atoms with Gasteiger partial charge in [0.2, 0.25) is 16.9 Å². The Kier molecular flexibility index (Phi) is 4.49. The first-order chi connectivity index (χ1) is 11.7. The van der Waals surface area contributed by atoms with E-state index in [0.717, 1.165) is 17.5 Å². The van der Waals surface area contributed by atoms with Crippen LogP contribution < -0.4 is 4.90 Å². The van der Waals surface area contributed by atoms with Gasteiger partial charge in [0.25, 0.3) is 0 Å². The predicted octanol–water partition coefficient (Wildman–Crippen LogP) is 3.28. The van der Waals surface area contributed by atoms with E-state index in [1.165, 1.54) is 37.2 Å². The fraction of sp³-hybridized carbons (Fsp3) is 0.750. The van der Waals surface area contributed by atoms with Gasteiger partial charge in [0.05, 0.1) is 13.2 Å². The minimum Gasteiger partial charge on any atom is -0.422 e. The molecule has 130 valence electrons. The summed E-state index contributed by atoms with van der Waals surface area (Å²) >= 11 is 1.49. The number of morpholine rings is 1. The lowest BCUT2D eigenvalue weighted by Crippen LogP contribution is -2.38. The van der Waals surface area contributed by atoms with E-state index in [9.17, 15) is 0 Å². The molecule has 2 aromatic heterocycles. The molecule has 24 heavy (non-hydrogen) atoms. The van der Waals surface area contributed by atoms with Crippen molar-refractivity contribution in [3.8, 4) is 0 Å². The van der Waals surface area contributed by atoms with Crippen molar-refractivity contribution in [2.75, 3.05) is 24.6 Å². The van der Waals surface area contributed by atoms with Crippen molar-refractivity contribution in [1.82, 2.24) is 19.6 Å². The molecular formula is C16H23N5O2S. The summed E-state index contributed by atoms with van der Waals surface area (Å²) < 4.78 is 16.2. The molecule has 8 heteroatoms. The third kappa shape index (κ3) is 3.17. The van der Waals surface area contributed by atoms with Gasteiger partial charge < -0.3 is 14.1 Å². The Bertz CT molecular complexity index is 680. The summed E-state index contributed by atoms with van der Waals surface area (Å²) in [4.78, 5) is 7.01. The van der Waals surface area contributed by atoms with E-state index >= 15 is 0 Å². The molecule has 1 atom stereocenters. The van der Waals surface area contributed by atoms with Gasteiger partial charge in [-0.2, -0.15) is 4.37 Å². The second-order valence-corrected chi connectivity index (χ2v) is 7.59. The topological polar surface area (TPSA) is 77.2 Å². The average molecular weight is 349 g/mol. The van der Waals surface area contributed by atoms with Gasteiger partial charge in [-0.3, -0.25) is 0 Å². The number of hydrogen-bond donors (Lipinski definition) is 0. The smallest absolute Gasteiger partial charge is 0.247 e. The normalized spacial score (nSPS) is 22.6. The van der Waals surface area contributed by atoms with Gasteiger partial charge in [-0.25, -0.2) is 4.98 Å². The Morgan fingerprint density at radius 1 is 1.21 bits per heavy atom. The maximum atomic E-state index is 5.83. The van der Waals surface area contributed by atoms with Gasteiger partial charge in [-0.15, -0.1) is 10.2 Å². The highest BCUT2D eigenvalue weighted by Gasteiger charge is 2.30. The first-order valence-electron chi connectivity index (χ1n) is 8.74. The molecule has 0 amide bonds. The Hall–Kier alpha value is -1.54. The van der Waals surface area contributed by atoms with Crippen LogP contribution >= 0.6 is 11.5 Å². The number of anilines is 1. The van der Waals surface area contributed by atoms with Crippen molar-refractivity contribution < 1.29 is 9.15 Å². The number of aromatic nitrogens is 4. The van der Waals surface area contributed by atoms with E-state index < -0.39 is 0 Å². The zero-order valence-corrected chi connectivity index (χ0v) is 15.0. The van der Waals surface area contributed by atoms with Crippen molar-refractivity contribution >= 4 is 16.7 Å². The van der Waals surface area contributed by atoms with E-state index in [2.05, 4.69) is 19.5 Å². The SMILES string of the molecule is CC(C)c1nnc([C@H]2CN(c3nc(C4CCCC4)ns3)CCO2)o1. The molecular weight excluding hydrogens is 326 g/mol. The number of rotatable bonds is 4. The molecule has 1 aliphatic heterocycles. The summed E-state index contributed by atoms with van der Waals surface area (Å²) in [6.45, 7) is 6.20. The highest BCUT2D eigenvalue weighted by atomic mass is 32.1. The quantitative estimate of drug-likeness (QED) is 0.838. The van der Waals surface area contributed by atoms with Gasteiger partial charge in [-0.05, 0) is 12.8 Å². The maximum absolute atomic E-state index is 5.83. The number of ether oxygens (including phenoxy) is 1. The van der Waals surface area contributed by atoms with Gasteiger partial charge in [-0.1, -0.05) is 26.7 Å². The lowest BCUT2D eigenvalue weighted by atomic mass is 10.1. The molecule has 0 N–H and O–H groups in total. The van der Waals surface area contributed by atoms with Crippen LogP contribution in [0.5, 0.6) is 0 Å². The first-order valence-corrected chi connectivity index (χ1v) is 9.51. The molecule has 0 bridgehead atoms. The fourth-order valence-electron chi connectivity index (χ4n) is 3.29. The number of hydrogen-bond acceptors (Lipinski definition) is 8. The minimum atomic E-state index is -0.197. The van der Waals surface area contributed by atoms with Crippen LogP contribution in [0.4, 0.5) is 5.13 Å². The lowest BCUT2D eigenvalue weighted by molar-refractivity contribution is 0.0213. The summed E-state index contributed by atoms with van der Waals surface area (Å²) in [7, 11) is 0. The zero-order valence-electron chi connectivity index (χ0n) is 14.1. The molecule has 4 rings (SSSR count). The van der Waals surface area contributed by atoms with Crippen molar-refractivity contribution in [3.05, 3.63) is 17.6 Å². The first kappa shape index (κ1) is 16.0. The third-order valence-electron chi connectivity index (χ3n) is 4.71. The highest BCUT2D eigenvalue weighted by molar-refractivity contribution is 7.09. The molecule has 3 heterocycles. The van der Waals surface area contributed by atoms with E-state index in [0.29, 0.717) is 30.9 Å². The highest BCUT2D eigenvalue weighted by Crippen LogP contribution is 2.35. The van der Waals surface area contributed by atoms with Crippen LogP contribution in [-0.4, -0.2) is 39.3 Å². The summed E-state index contributed by atoms with van der Waals surface area (Å²) in [6, 6.07) is 0. The Balaban J connectivity index is 1.46. The monoisotopic (exact) mass is 349 g/mol. The van der Waals surface area contributed by atoms with Crippen molar-refractivity contribution in [2.24, 2.45) is 0 Å². The second-order valence-electron chi connectivity index (χ2n) is 6.86. The molecule has 7 nitrogen and oxygen atoms in total. The standard InChI is InChI=1S/C16H23N5O2S/c1-10(2)14-18-19-15(23-14)12-9-21(7-8-22-12)16-17-13(20-24-16)11-5-3-4-6-11/h10-12H,3-9H2,1-2H3/t12-/m1/s1. The van der Waals surface area contributed by atoms with Crippen LogP contribution in [0.1, 0.15) is 75.1 Å². The third-order valence-corrected chi connectivity index (χ3v) is 5.51.